The highest BCUT2D eigenvalue weighted by Gasteiger charge is 2.08. The van der Waals surface area contributed by atoms with Crippen molar-refractivity contribution >= 4 is 11.6 Å². The van der Waals surface area contributed by atoms with Gasteiger partial charge in [-0.3, -0.25) is 0 Å². The van der Waals surface area contributed by atoms with Gasteiger partial charge in [-0.2, -0.15) is 0 Å². The summed E-state index contributed by atoms with van der Waals surface area (Å²) in [5, 5.41) is 27.4. The Morgan fingerprint density at radius 2 is 2.06 bits per heavy atom. The van der Waals surface area contributed by atoms with Gasteiger partial charge in [-0.25, -0.2) is 0 Å². The van der Waals surface area contributed by atoms with Crippen LogP contribution < -0.4 is 4.74 Å². The molecule has 1 rings (SSSR count). The molecule has 4 nitrogen and oxygen atoms in total. The Hall–Kier alpha value is -0.810. The number of benzene rings is 1. The maximum absolute atomic E-state index is 9.32. The third kappa shape index (κ3) is 3.64. The van der Waals surface area contributed by atoms with Crippen molar-refractivity contribution in [3.05, 3.63) is 28.8 Å². The fourth-order valence-electron chi connectivity index (χ4n) is 1.13. The molecule has 0 saturated carbocycles. The molecule has 0 aliphatic carbocycles. The molecule has 0 saturated heterocycles. The van der Waals surface area contributed by atoms with E-state index in [1.165, 1.54) is 0 Å². The Morgan fingerprint density at radius 3 is 2.56 bits per heavy atom. The number of hydrogen-bond acceptors (Lipinski definition) is 4. The smallest absolute Gasteiger partial charge is 0.138 e. The molecule has 0 amide bonds. The lowest BCUT2D eigenvalue weighted by Crippen LogP contribution is -2.21. The molecule has 5 heteroatoms. The van der Waals surface area contributed by atoms with Gasteiger partial charge in [0.05, 0.1) is 17.7 Å². The molecule has 0 fully saturated rings. The Balaban J connectivity index is 2.68. The SMILES string of the molecule is C[C@@H](O)c1ccc(OCC(O)CO)c(Cl)c1. The van der Waals surface area contributed by atoms with Crippen LogP contribution in [-0.2, 0) is 0 Å². The summed E-state index contributed by atoms with van der Waals surface area (Å²) in [4.78, 5) is 0. The van der Waals surface area contributed by atoms with Gasteiger partial charge in [0, 0.05) is 0 Å². The monoisotopic (exact) mass is 246 g/mol. The summed E-state index contributed by atoms with van der Waals surface area (Å²) in [6.07, 6.45) is -1.51. The number of halogens is 1. The summed E-state index contributed by atoms with van der Waals surface area (Å²) in [6.45, 7) is 1.26. The maximum Gasteiger partial charge on any atom is 0.138 e. The molecule has 3 N–H and O–H groups in total. The number of rotatable bonds is 5. The van der Waals surface area contributed by atoms with Gasteiger partial charge in [-0.05, 0) is 24.6 Å². The molecular weight excluding hydrogens is 232 g/mol. The highest BCUT2D eigenvalue weighted by Crippen LogP contribution is 2.27. The highest BCUT2D eigenvalue weighted by molar-refractivity contribution is 6.32. The van der Waals surface area contributed by atoms with Gasteiger partial charge in [0.25, 0.3) is 0 Å². The molecule has 0 spiro atoms. The standard InChI is InChI=1S/C11H15ClO4/c1-7(14)8-2-3-11(10(12)4-8)16-6-9(15)5-13/h2-4,7,9,13-15H,5-6H2,1H3/t7-,9?/m1/s1. The third-order valence-electron chi connectivity index (χ3n) is 2.08. The first-order valence-corrected chi connectivity index (χ1v) is 5.31. The minimum Gasteiger partial charge on any atom is -0.489 e. The van der Waals surface area contributed by atoms with Crippen molar-refractivity contribution in [1.29, 1.82) is 0 Å². The zero-order valence-corrected chi connectivity index (χ0v) is 9.68. The molecule has 0 aromatic heterocycles. The summed E-state index contributed by atoms with van der Waals surface area (Å²) < 4.78 is 5.20. The van der Waals surface area contributed by atoms with Gasteiger partial charge in [0.15, 0.2) is 0 Å². The van der Waals surface area contributed by atoms with Crippen LogP contribution in [-0.4, -0.2) is 34.6 Å². The van der Waals surface area contributed by atoms with Crippen LogP contribution in [0.2, 0.25) is 5.02 Å². The lowest BCUT2D eigenvalue weighted by molar-refractivity contribution is 0.0536. The van der Waals surface area contributed by atoms with Crippen molar-refractivity contribution in [1.82, 2.24) is 0 Å². The van der Waals surface area contributed by atoms with E-state index < -0.39 is 12.2 Å². The van der Waals surface area contributed by atoms with Crippen LogP contribution in [0.4, 0.5) is 0 Å². The van der Waals surface area contributed by atoms with Gasteiger partial charge >= 0.3 is 0 Å². The van der Waals surface area contributed by atoms with Crippen LogP contribution in [0.5, 0.6) is 5.75 Å². The molecule has 1 unspecified atom stereocenters. The van der Waals surface area contributed by atoms with Crippen molar-refractivity contribution in [3.8, 4) is 5.75 Å². The Bertz CT molecular complexity index is 341. The zero-order chi connectivity index (χ0) is 12.1. The first-order valence-electron chi connectivity index (χ1n) is 4.93. The van der Waals surface area contributed by atoms with E-state index in [9.17, 15) is 5.11 Å². The molecule has 0 aliphatic heterocycles. The average Bonchev–Trinajstić information content (AvgIpc) is 2.26. The summed E-state index contributed by atoms with van der Waals surface area (Å²) >= 11 is 5.92. The molecule has 0 radical (unpaired) electrons. The van der Waals surface area contributed by atoms with Gasteiger partial charge in [-0.1, -0.05) is 17.7 Å². The number of ether oxygens (including phenoxy) is 1. The summed E-state index contributed by atoms with van der Waals surface area (Å²) in [5.41, 5.74) is 0.694. The largest absolute Gasteiger partial charge is 0.489 e. The molecule has 90 valence electrons. The number of aliphatic hydroxyl groups excluding tert-OH is 3. The molecule has 0 bridgehead atoms. The molecule has 0 aliphatic rings. The second-order valence-electron chi connectivity index (χ2n) is 3.51. The van der Waals surface area contributed by atoms with Crippen LogP contribution in [0.25, 0.3) is 0 Å². The number of hydrogen-bond donors (Lipinski definition) is 3. The van der Waals surface area contributed by atoms with E-state index in [4.69, 9.17) is 26.6 Å². The lowest BCUT2D eigenvalue weighted by Gasteiger charge is -2.12. The van der Waals surface area contributed by atoms with Crippen LogP contribution >= 0.6 is 11.6 Å². The average molecular weight is 247 g/mol. The van der Waals surface area contributed by atoms with Gasteiger partial charge < -0.3 is 20.1 Å². The summed E-state index contributed by atoms with van der Waals surface area (Å²) in [7, 11) is 0. The minimum atomic E-state index is -0.924. The first kappa shape index (κ1) is 13.3. The van der Waals surface area contributed by atoms with Crippen LogP contribution in [0.3, 0.4) is 0 Å². The number of aliphatic hydroxyl groups is 3. The highest BCUT2D eigenvalue weighted by atomic mass is 35.5. The maximum atomic E-state index is 9.32. The third-order valence-corrected chi connectivity index (χ3v) is 2.38. The predicted molar refractivity (Wildman–Crippen MR) is 60.7 cm³/mol. The summed E-state index contributed by atoms with van der Waals surface area (Å²) in [5.74, 6) is 0.415. The second-order valence-corrected chi connectivity index (χ2v) is 3.92. The van der Waals surface area contributed by atoms with Crippen molar-refractivity contribution in [3.63, 3.8) is 0 Å². The Kier molecular flexibility index (Phi) is 5.02. The van der Waals surface area contributed by atoms with E-state index in [2.05, 4.69) is 0 Å². The normalized spacial score (nSPS) is 14.6. The van der Waals surface area contributed by atoms with E-state index in [1.807, 2.05) is 0 Å². The Morgan fingerprint density at radius 1 is 1.38 bits per heavy atom. The fourth-order valence-corrected chi connectivity index (χ4v) is 1.38. The molecular formula is C11H15ClO4. The molecule has 1 aromatic carbocycles. The van der Waals surface area contributed by atoms with E-state index in [-0.39, 0.29) is 13.2 Å². The van der Waals surface area contributed by atoms with Crippen LogP contribution in [0.15, 0.2) is 18.2 Å². The lowest BCUT2D eigenvalue weighted by atomic mass is 10.1. The predicted octanol–water partition coefficient (Wildman–Crippen LogP) is 1.13. The molecule has 0 heterocycles. The minimum absolute atomic E-state index is 0.0236. The van der Waals surface area contributed by atoms with E-state index in [0.717, 1.165) is 0 Å². The van der Waals surface area contributed by atoms with E-state index in [1.54, 1.807) is 25.1 Å². The van der Waals surface area contributed by atoms with Crippen molar-refractivity contribution < 1.29 is 20.1 Å². The zero-order valence-electron chi connectivity index (χ0n) is 8.93. The second kappa shape index (κ2) is 6.06. The quantitative estimate of drug-likeness (QED) is 0.728. The van der Waals surface area contributed by atoms with Crippen LogP contribution in [0, 0.1) is 0 Å². The van der Waals surface area contributed by atoms with E-state index in [0.29, 0.717) is 16.3 Å². The Labute approximate surface area is 99.1 Å². The fraction of sp³-hybridized carbons (Fsp3) is 0.455. The van der Waals surface area contributed by atoms with E-state index >= 15 is 0 Å². The molecule has 1 aromatic rings. The first-order chi connectivity index (χ1) is 7.54. The van der Waals surface area contributed by atoms with Crippen molar-refractivity contribution in [2.75, 3.05) is 13.2 Å². The van der Waals surface area contributed by atoms with Gasteiger partial charge in [0.2, 0.25) is 0 Å². The van der Waals surface area contributed by atoms with Gasteiger partial charge in [-0.15, -0.1) is 0 Å². The van der Waals surface area contributed by atoms with Crippen LogP contribution in [0.1, 0.15) is 18.6 Å². The topological polar surface area (TPSA) is 69.9 Å². The van der Waals surface area contributed by atoms with Crippen molar-refractivity contribution in [2.45, 2.75) is 19.1 Å². The molecule has 2 atom stereocenters. The van der Waals surface area contributed by atoms with Gasteiger partial charge in [0.1, 0.15) is 18.5 Å². The van der Waals surface area contributed by atoms with Crippen molar-refractivity contribution in [2.24, 2.45) is 0 Å². The molecule has 16 heavy (non-hydrogen) atoms. The summed E-state index contributed by atoms with van der Waals surface area (Å²) in [6, 6.07) is 4.92.